The van der Waals surface area contributed by atoms with Crippen LogP contribution < -0.4 is 4.13 Å². The molecule has 8 heavy (non-hydrogen) atoms. The molecule has 0 aliphatic rings. The number of hydrogen-bond acceptors (Lipinski definition) is 3. The second kappa shape index (κ2) is 3.11. The zero-order chi connectivity index (χ0) is 6.62. The van der Waals surface area contributed by atoms with Crippen molar-refractivity contribution in [2.45, 2.75) is 0 Å². The van der Waals surface area contributed by atoms with Crippen molar-refractivity contribution >= 4 is 22.8 Å². The molecule has 0 aromatic heterocycles. The summed E-state index contributed by atoms with van der Waals surface area (Å²) in [5, 5.41) is 0. The molecule has 0 saturated carbocycles. The quantitative estimate of drug-likeness (QED) is 0.440. The summed E-state index contributed by atoms with van der Waals surface area (Å²) in [5.41, 5.74) is 0. The standard InChI is InChI=1S/C3H7NO2S2/c1-2-3-8(5,6)4-7/h2,4,7H,1,3H2. The molecule has 0 aromatic carbocycles. The first-order valence-corrected chi connectivity index (χ1v) is 3.97. The highest BCUT2D eigenvalue weighted by atomic mass is 32.3. The van der Waals surface area contributed by atoms with Crippen LogP contribution in [-0.4, -0.2) is 14.2 Å². The first-order chi connectivity index (χ1) is 3.62. The third-order valence-electron chi connectivity index (χ3n) is 0.476. The number of thiol groups is 1. The minimum Gasteiger partial charge on any atom is -0.211 e. The van der Waals surface area contributed by atoms with E-state index < -0.39 is 10.0 Å². The molecule has 0 amide bonds. The second-order valence-corrected chi connectivity index (χ2v) is 3.45. The average Bonchev–Trinajstić information content (AvgIpc) is 1.67. The molecular formula is C3H7NO2S2. The Morgan fingerprint density at radius 3 is 2.38 bits per heavy atom. The van der Waals surface area contributed by atoms with Crippen LogP contribution in [-0.2, 0) is 10.0 Å². The Morgan fingerprint density at radius 1 is 1.75 bits per heavy atom. The Bertz CT molecular complexity index is 160. The summed E-state index contributed by atoms with van der Waals surface area (Å²) >= 11 is 3.35. The van der Waals surface area contributed by atoms with E-state index in [2.05, 4.69) is 19.4 Å². The lowest BCUT2D eigenvalue weighted by Crippen LogP contribution is -2.15. The Kier molecular flexibility index (Phi) is 3.11. The predicted molar refractivity (Wildman–Crippen MR) is 36.1 cm³/mol. The van der Waals surface area contributed by atoms with Gasteiger partial charge in [0.1, 0.15) is 0 Å². The summed E-state index contributed by atoms with van der Waals surface area (Å²) < 4.78 is 22.5. The maximum absolute atomic E-state index is 10.3. The normalized spacial score (nSPS) is 11.1. The Hall–Kier alpha value is -0.0000000000000000555. The van der Waals surface area contributed by atoms with Gasteiger partial charge in [-0.2, -0.15) is 4.13 Å². The summed E-state index contributed by atoms with van der Waals surface area (Å²) in [7, 11) is -3.17. The molecule has 0 rings (SSSR count). The van der Waals surface area contributed by atoms with Crippen molar-refractivity contribution in [1.82, 2.24) is 4.13 Å². The lowest BCUT2D eigenvalue weighted by molar-refractivity contribution is 0.597. The molecule has 0 unspecified atom stereocenters. The highest BCUT2D eigenvalue weighted by molar-refractivity contribution is 8.00. The van der Waals surface area contributed by atoms with Crippen LogP contribution >= 0.6 is 12.8 Å². The van der Waals surface area contributed by atoms with Gasteiger partial charge in [-0.1, -0.05) is 18.9 Å². The second-order valence-electron chi connectivity index (χ2n) is 1.16. The largest absolute Gasteiger partial charge is 0.224 e. The van der Waals surface area contributed by atoms with Crippen molar-refractivity contribution in [3.05, 3.63) is 12.7 Å². The lowest BCUT2D eigenvalue weighted by atomic mass is 10.8. The van der Waals surface area contributed by atoms with E-state index in [0.29, 0.717) is 0 Å². The molecule has 0 heterocycles. The molecule has 0 spiro atoms. The number of rotatable bonds is 3. The van der Waals surface area contributed by atoms with Gasteiger partial charge in [-0.05, 0) is 0 Å². The van der Waals surface area contributed by atoms with E-state index in [-0.39, 0.29) is 5.75 Å². The Labute approximate surface area is 54.4 Å². The molecule has 0 bridgehead atoms. The fourth-order valence-electron chi connectivity index (χ4n) is 0.192. The van der Waals surface area contributed by atoms with Crippen LogP contribution in [0.2, 0.25) is 0 Å². The van der Waals surface area contributed by atoms with Crippen LogP contribution in [0.5, 0.6) is 0 Å². The zero-order valence-electron chi connectivity index (χ0n) is 4.16. The van der Waals surface area contributed by atoms with E-state index in [1.807, 2.05) is 4.13 Å². The summed E-state index contributed by atoms with van der Waals surface area (Å²) in [4.78, 5) is 0. The maximum Gasteiger partial charge on any atom is 0.224 e. The van der Waals surface area contributed by atoms with Gasteiger partial charge in [0.25, 0.3) is 0 Å². The predicted octanol–water partition coefficient (Wildman–Crippen LogP) is -0.0634. The number of nitrogens with one attached hydrogen (secondary N) is 1. The summed E-state index contributed by atoms with van der Waals surface area (Å²) in [6, 6.07) is 0. The minimum absolute atomic E-state index is 0.0868. The third kappa shape index (κ3) is 3.06. The molecule has 0 atom stereocenters. The van der Waals surface area contributed by atoms with Crippen molar-refractivity contribution in [2.24, 2.45) is 0 Å². The van der Waals surface area contributed by atoms with Crippen LogP contribution in [0.15, 0.2) is 12.7 Å². The van der Waals surface area contributed by atoms with Crippen molar-refractivity contribution in [3.63, 3.8) is 0 Å². The van der Waals surface area contributed by atoms with E-state index >= 15 is 0 Å². The molecule has 48 valence electrons. The van der Waals surface area contributed by atoms with Gasteiger partial charge in [0.05, 0.1) is 5.75 Å². The van der Waals surface area contributed by atoms with Crippen LogP contribution in [0.25, 0.3) is 0 Å². The van der Waals surface area contributed by atoms with E-state index in [0.717, 1.165) is 0 Å². The topological polar surface area (TPSA) is 46.2 Å². The van der Waals surface area contributed by atoms with Gasteiger partial charge in [0.15, 0.2) is 0 Å². The fourth-order valence-corrected chi connectivity index (χ4v) is 0.801. The van der Waals surface area contributed by atoms with E-state index in [1.165, 1.54) is 6.08 Å². The molecule has 0 aliphatic heterocycles. The molecule has 0 radical (unpaired) electrons. The van der Waals surface area contributed by atoms with E-state index in [9.17, 15) is 8.42 Å². The Balaban J connectivity index is 3.94. The molecule has 0 saturated heterocycles. The van der Waals surface area contributed by atoms with Crippen molar-refractivity contribution < 1.29 is 8.42 Å². The smallest absolute Gasteiger partial charge is 0.211 e. The van der Waals surface area contributed by atoms with Gasteiger partial charge in [-0.15, -0.1) is 6.58 Å². The van der Waals surface area contributed by atoms with Crippen molar-refractivity contribution in [2.75, 3.05) is 5.75 Å². The molecular weight excluding hydrogens is 146 g/mol. The number of hydrogen-bond donors (Lipinski definition) is 2. The van der Waals surface area contributed by atoms with Crippen LogP contribution in [0.3, 0.4) is 0 Å². The van der Waals surface area contributed by atoms with Gasteiger partial charge in [-0.25, -0.2) is 8.42 Å². The van der Waals surface area contributed by atoms with Gasteiger partial charge in [0.2, 0.25) is 10.0 Å². The molecule has 0 aliphatic carbocycles. The van der Waals surface area contributed by atoms with E-state index in [1.54, 1.807) is 0 Å². The first-order valence-electron chi connectivity index (χ1n) is 1.87. The molecule has 5 heteroatoms. The minimum atomic E-state index is -3.17. The maximum atomic E-state index is 10.3. The van der Waals surface area contributed by atoms with Gasteiger partial charge in [-0.3, -0.25) is 0 Å². The van der Waals surface area contributed by atoms with Crippen molar-refractivity contribution in [1.29, 1.82) is 0 Å². The van der Waals surface area contributed by atoms with Gasteiger partial charge < -0.3 is 0 Å². The van der Waals surface area contributed by atoms with Crippen LogP contribution in [0, 0.1) is 0 Å². The average molecular weight is 153 g/mol. The van der Waals surface area contributed by atoms with Crippen LogP contribution in [0.1, 0.15) is 0 Å². The summed E-state index contributed by atoms with van der Waals surface area (Å²) in [5.74, 6) is -0.0868. The molecule has 0 aromatic rings. The Morgan fingerprint density at radius 2 is 2.25 bits per heavy atom. The molecule has 0 fully saturated rings. The van der Waals surface area contributed by atoms with Gasteiger partial charge in [0, 0.05) is 0 Å². The molecule has 3 nitrogen and oxygen atoms in total. The first kappa shape index (κ1) is 8.00. The monoisotopic (exact) mass is 153 g/mol. The molecule has 1 N–H and O–H groups in total. The SMILES string of the molecule is C=CCS(=O)(=O)NS. The van der Waals surface area contributed by atoms with Gasteiger partial charge >= 0.3 is 0 Å². The zero-order valence-corrected chi connectivity index (χ0v) is 5.87. The lowest BCUT2D eigenvalue weighted by Gasteiger charge is -1.92. The fraction of sp³-hybridized carbons (Fsp3) is 0.333. The van der Waals surface area contributed by atoms with Crippen molar-refractivity contribution in [3.8, 4) is 0 Å². The summed E-state index contributed by atoms with van der Waals surface area (Å²) in [6.07, 6.45) is 1.29. The third-order valence-corrected chi connectivity index (χ3v) is 2.26. The highest BCUT2D eigenvalue weighted by Gasteiger charge is 2.00. The van der Waals surface area contributed by atoms with E-state index in [4.69, 9.17) is 0 Å². The van der Waals surface area contributed by atoms with Crippen LogP contribution in [0.4, 0.5) is 0 Å². The number of sulfonamides is 1. The summed E-state index contributed by atoms with van der Waals surface area (Å²) in [6.45, 7) is 3.24. The highest BCUT2D eigenvalue weighted by Crippen LogP contribution is 1.83.